The molecule has 98 valence electrons. The van der Waals surface area contributed by atoms with Gasteiger partial charge >= 0.3 is 0 Å². The van der Waals surface area contributed by atoms with Crippen molar-refractivity contribution >= 4 is 11.8 Å². The average molecular weight is 250 g/mol. The maximum atomic E-state index is 11.7. The number of hydrogen-bond donors (Lipinski definition) is 3. The van der Waals surface area contributed by atoms with E-state index in [9.17, 15) is 9.59 Å². The summed E-state index contributed by atoms with van der Waals surface area (Å²) in [6.45, 7) is 2.59. The highest BCUT2D eigenvalue weighted by Gasteiger charge is 2.26. The van der Waals surface area contributed by atoms with E-state index < -0.39 is 0 Å². The third kappa shape index (κ3) is 3.32. The van der Waals surface area contributed by atoms with Crippen molar-refractivity contribution in [1.29, 1.82) is 0 Å². The summed E-state index contributed by atoms with van der Waals surface area (Å²) in [5.41, 5.74) is 1.36. The molecule has 1 aliphatic rings. The van der Waals surface area contributed by atoms with Crippen LogP contribution in [-0.4, -0.2) is 35.1 Å². The molecule has 1 heterocycles. The molecule has 1 aliphatic carbocycles. The molecular formula is C12H18N4O2. The van der Waals surface area contributed by atoms with Gasteiger partial charge in [-0.3, -0.25) is 14.7 Å². The van der Waals surface area contributed by atoms with Gasteiger partial charge < -0.3 is 10.6 Å². The third-order valence-corrected chi connectivity index (χ3v) is 2.83. The van der Waals surface area contributed by atoms with Gasteiger partial charge in [-0.05, 0) is 25.3 Å². The smallest absolute Gasteiger partial charge is 0.272 e. The fourth-order valence-corrected chi connectivity index (χ4v) is 1.63. The summed E-state index contributed by atoms with van der Waals surface area (Å²) in [6.07, 6.45) is 3.19. The highest BCUT2D eigenvalue weighted by Crippen LogP contribution is 2.38. The SMILES string of the molecule is CCCNC(=O)CNC(=O)c1cc(C2CC2)[nH]n1. The number of aromatic nitrogens is 2. The predicted octanol–water partition coefficient (Wildman–Crippen LogP) is 0.543. The van der Waals surface area contributed by atoms with Crippen LogP contribution in [0.1, 0.15) is 48.3 Å². The Morgan fingerprint density at radius 3 is 2.89 bits per heavy atom. The van der Waals surface area contributed by atoms with E-state index in [1.807, 2.05) is 6.92 Å². The number of amides is 2. The molecule has 1 fully saturated rings. The molecule has 6 heteroatoms. The zero-order chi connectivity index (χ0) is 13.0. The van der Waals surface area contributed by atoms with E-state index in [0.717, 1.165) is 25.0 Å². The first-order valence-electron chi connectivity index (χ1n) is 6.31. The molecule has 0 radical (unpaired) electrons. The Morgan fingerprint density at radius 1 is 1.44 bits per heavy atom. The summed E-state index contributed by atoms with van der Waals surface area (Å²) in [5.74, 6) is 0.0415. The van der Waals surface area contributed by atoms with Crippen LogP contribution in [0, 0.1) is 0 Å². The van der Waals surface area contributed by atoms with E-state index in [-0.39, 0.29) is 18.4 Å². The van der Waals surface area contributed by atoms with Crippen molar-refractivity contribution in [2.75, 3.05) is 13.1 Å². The highest BCUT2D eigenvalue weighted by molar-refractivity contribution is 5.94. The van der Waals surface area contributed by atoms with Gasteiger partial charge in [0.1, 0.15) is 5.69 Å². The van der Waals surface area contributed by atoms with Crippen LogP contribution in [0.25, 0.3) is 0 Å². The number of H-pyrrole nitrogens is 1. The second-order valence-corrected chi connectivity index (χ2v) is 4.52. The van der Waals surface area contributed by atoms with Crippen molar-refractivity contribution in [3.8, 4) is 0 Å². The highest BCUT2D eigenvalue weighted by atomic mass is 16.2. The van der Waals surface area contributed by atoms with Gasteiger partial charge in [0.05, 0.1) is 6.54 Å². The van der Waals surface area contributed by atoms with Crippen molar-refractivity contribution in [2.24, 2.45) is 0 Å². The molecule has 1 saturated carbocycles. The molecule has 0 aliphatic heterocycles. The lowest BCUT2D eigenvalue weighted by Gasteiger charge is -2.04. The molecule has 2 rings (SSSR count). The zero-order valence-electron chi connectivity index (χ0n) is 10.5. The van der Waals surface area contributed by atoms with Gasteiger partial charge in [-0.25, -0.2) is 0 Å². The Bertz CT molecular complexity index is 437. The molecule has 1 aromatic rings. The third-order valence-electron chi connectivity index (χ3n) is 2.83. The van der Waals surface area contributed by atoms with Crippen molar-refractivity contribution in [3.05, 3.63) is 17.5 Å². The fraction of sp³-hybridized carbons (Fsp3) is 0.583. The van der Waals surface area contributed by atoms with Crippen LogP contribution in [0.15, 0.2) is 6.07 Å². The minimum Gasteiger partial charge on any atom is -0.355 e. The predicted molar refractivity (Wildman–Crippen MR) is 66.2 cm³/mol. The Morgan fingerprint density at radius 2 is 2.22 bits per heavy atom. The lowest BCUT2D eigenvalue weighted by atomic mass is 10.2. The molecule has 0 saturated heterocycles. The monoisotopic (exact) mass is 250 g/mol. The Kier molecular flexibility index (Phi) is 3.96. The largest absolute Gasteiger partial charge is 0.355 e. The summed E-state index contributed by atoms with van der Waals surface area (Å²) >= 11 is 0. The normalized spacial score (nSPS) is 14.3. The second-order valence-electron chi connectivity index (χ2n) is 4.52. The minimum atomic E-state index is -0.315. The quantitative estimate of drug-likeness (QED) is 0.688. The van der Waals surface area contributed by atoms with Crippen LogP contribution in [0.4, 0.5) is 0 Å². The summed E-state index contributed by atoms with van der Waals surface area (Å²) < 4.78 is 0. The minimum absolute atomic E-state index is 0.00947. The van der Waals surface area contributed by atoms with E-state index >= 15 is 0 Å². The molecule has 0 spiro atoms. The number of aromatic amines is 1. The standard InChI is InChI=1S/C12H18N4O2/c1-2-5-13-11(17)7-14-12(18)10-6-9(15-16-10)8-3-4-8/h6,8H,2-5,7H2,1H3,(H,13,17)(H,14,18)(H,15,16). The van der Waals surface area contributed by atoms with Crippen LogP contribution in [-0.2, 0) is 4.79 Å². The van der Waals surface area contributed by atoms with Crippen LogP contribution in [0.2, 0.25) is 0 Å². The lowest BCUT2D eigenvalue weighted by molar-refractivity contribution is -0.120. The molecule has 1 aromatic heterocycles. The van der Waals surface area contributed by atoms with Gasteiger partial charge in [0.2, 0.25) is 5.91 Å². The maximum absolute atomic E-state index is 11.7. The fourth-order valence-electron chi connectivity index (χ4n) is 1.63. The summed E-state index contributed by atoms with van der Waals surface area (Å²) in [4.78, 5) is 23.0. The van der Waals surface area contributed by atoms with Gasteiger partial charge in [0, 0.05) is 18.2 Å². The van der Waals surface area contributed by atoms with E-state index in [1.54, 1.807) is 6.07 Å². The molecule has 0 atom stereocenters. The lowest BCUT2D eigenvalue weighted by Crippen LogP contribution is -2.37. The van der Waals surface area contributed by atoms with Gasteiger partial charge in [-0.1, -0.05) is 6.92 Å². The molecule has 3 N–H and O–H groups in total. The first-order chi connectivity index (χ1) is 8.70. The van der Waals surface area contributed by atoms with E-state index in [0.29, 0.717) is 18.2 Å². The first kappa shape index (κ1) is 12.6. The van der Waals surface area contributed by atoms with E-state index in [2.05, 4.69) is 20.8 Å². The summed E-state index contributed by atoms with van der Waals surface area (Å²) in [5, 5.41) is 12.0. The number of rotatable bonds is 6. The molecule has 0 bridgehead atoms. The molecule has 2 amide bonds. The van der Waals surface area contributed by atoms with Crippen LogP contribution in [0.5, 0.6) is 0 Å². The van der Waals surface area contributed by atoms with E-state index in [4.69, 9.17) is 0 Å². The Hall–Kier alpha value is -1.85. The molecule has 18 heavy (non-hydrogen) atoms. The number of carbonyl (C=O) groups excluding carboxylic acids is 2. The molecule has 6 nitrogen and oxygen atoms in total. The van der Waals surface area contributed by atoms with Crippen LogP contribution >= 0.6 is 0 Å². The zero-order valence-corrected chi connectivity index (χ0v) is 10.5. The van der Waals surface area contributed by atoms with Crippen LogP contribution < -0.4 is 10.6 Å². The topological polar surface area (TPSA) is 86.9 Å². The van der Waals surface area contributed by atoms with Crippen molar-refractivity contribution < 1.29 is 9.59 Å². The number of nitrogens with one attached hydrogen (secondary N) is 3. The van der Waals surface area contributed by atoms with Crippen molar-refractivity contribution in [1.82, 2.24) is 20.8 Å². The number of hydrogen-bond acceptors (Lipinski definition) is 3. The number of nitrogens with zero attached hydrogens (tertiary/aromatic N) is 1. The average Bonchev–Trinajstić information content (AvgIpc) is 3.11. The Labute approximate surface area is 106 Å². The first-order valence-corrected chi connectivity index (χ1v) is 6.31. The molecule has 0 aromatic carbocycles. The van der Waals surface area contributed by atoms with E-state index in [1.165, 1.54) is 0 Å². The molecular weight excluding hydrogens is 232 g/mol. The van der Waals surface area contributed by atoms with Crippen molar-refractivity contribution in [3.63, 3.8) is 0 Å². The van der Waals surface area contributed by atoms with Crippen LogP contribution in [0.3, 0.4) is 0 Å². The van der Waals surface area contributed by atoms with Gasteiger partial charge in [-0.2, -0.15) is 5.10 Å². The second kappa shape index (κ2) is 5.66. The maximum Gasteiger partial charge on any atom is 0.272 e. The summed E-state index contributed by atoms with van der Waals surface area (Å²) in [6, 6.07) is 1.76. The Balaban J connectivity index is 1.78. The molecule has 0 unspecified atom stereocenters. The van der Waals surface area contributed by atoms with Gasteiger partial charge in [-0.15, -0.1) is 0 Å². The van der Waals surface area contributed by atoms with Crippen molar-refractivity contribution in [2.45, 2.75) is 32.1 Å². The van der Waals surface area contributed by atoms with Gasteiger partial charge in [0.25, 0.3) is 5.91 Å². The van der Waals surface area contributed by atoms with Gasteiger partial charge in [0.15, 0.2) is 0 Å². The number of carbonyl (C=O) groups is 2. The summed E-state index contributed by atoms with van der Waals surface area (Å²) in [7, 11) is 0.